The van der Waals surface area contributed by atoms with Crippen LogP contribution >= 0.6 is 0 Å². The summed E-state index contributed by atoms with van der Waals surface area (Å²) in [6.07, 6.45) is 3.49. The van der Waals surface area contributed by atoms with Crippen molar-refractivity contribution in [3.8, 4) is 0 Å². The maximum Gasteiger partial charge on any atom is 0.220 e. The zero-order valence-electron chi connectivity index (χ0n) is 10.1. The fourth-order valence-electron chi connectivity index (χ4n) is 2.12. The van der Waals surface area contributed by atoms with E-state index in [-0.39, 0.29) is 17.1 Å². The number of rotatable bonds is 5. The lowest BCUT2D eigenvalue weighted by Gasteiger charge is -2.16. The molecule has 0 spiro atoms. The topological polar surface area (TPSA) is 29.1 Å². The standard InChI is InChI=1S/C14H18FNO/c1-2-4-13(17)16-10-14(7-8-14)11-5-3-6-12(15)9-11/h3,5-6,9H,2,4,7-8,10H2,1H3,(H,16,17). The zero-order chi connectivity index (χ0) is 12.3. The number of benzene rings is 1. The van der Waals surface area contributed by atoms with E-state index in [0.29, 0.717) is 13.0 Å². The van der Waals surface area contributed by atoms with Gasteiger partial charge in [0.05, 0.1) is 0 Å². The van der Waals surface area contributed by atoms with E-state index in [9.17, 15) is 9.18 Å². The molecular weight excluding hydrogens is 217 g/mol. The minimum Gasteiger partial charge on any atom is -0.355 e. The Kier molecular flexibility index (Phi) is 3.46. The molecule has 0 bridgehead atoms. The Balaban J connectivity index is 1.98. The SMILES string of the molecule is CCCC(=O)NCC1(c2cccc(F)c2)CC1. The molecular formula is C14H18FNO. The summed E-state index contributed by atoms with van der Waals surface area (Å²) < 4.78 is 13.2. The molecule has 92 valence electrons. The first-order valence-electron chi connectivity index (χ1n) is 6.19. The Morgan fingerprint density at radius 3 is 2.82 bits per heavy atom. The van der Waals surface area contributed by atoms with Crippen LogP contribution in [0.25, 0.3) is 0 Å². The Bertz CT molecular complexity index is 412. The minimum atomic E-state index is -0.200. The van der Waals surface area contributed by atoms with E-state index >= 15 is 0 Å². The molecule has 1 N–H and O–H groups in total. The number of carbonyl (C=O) groups is 1. The van der Waals surface area contributed by atoms with Crippen LogP contribution in [0.15, 0.2) is 24.3 Å². The Morgan fingerprint density at radius 2 is 2.24 bits per heavy atom. The van der Waals surface area contributed by atoms with E-state index in [2.05, 4.69) is 5.32 Å². The third-order valence-corrected chi connectivity index (χ3v) is 3.39. The summed E-state index contributed by atoms with van der Waals surface area (Å²) in [6.45, 7) is 2.62. The fraction of sp³-hybridized carbons (Fsp3) is 0.500. The maximum absolute atomic E-state index is 13.2. The van der Waals surface area contributed by atoms with Gasteiger partial charge in [-0.2, -0.15) is 0 Å². The third-order valence-electron chi connectivity index (χ3n) is 3.39. The van der Waals surface area contributed by atoms with Crippen molar-refractivity contribution < 1.29 is 9.18 Å². The van der Waals surface area contributed by atoms with Crippen LogP contribution in [-0.2, 0) is 10.2 Å². The molecule has 3 heteroatoms. The molecule has 1 aliphatic rings. The number of carbonyl (C=O) groups excluding carboxylic acids is 1. The summed E-state index contributed by atoms with van der Waals surface area (Å²) in [6, 6.07) is 6.72. The molecule has 1 amide bonds. The van der Waals surface area contributed by atoms with Crippen LogP contribution in [-0.4, -0.2) is 12.5 Å². The summed E-state index contributed by atoms with van der Waals surface area (Å²) in [4.78, 5) is 11.4. The van der Waals surface area contributed by atoms with Gasteiger partial charge in [0.25, 0.3) is 0 Å². The summed E-state index contributed by atoms with van der Waals surface area (Å²) in [5, 5.41) is 2.94. The van der Waals surface area contributed by atoms with Crippen molar-refractivity contribution in [2.75, 3.05) is 6.54 Å². The predicted molar refractivity (Wildman–Crippen MR) is 65.2 cm³/mol. The number of amides is 1. The van der Waals surface area contributed by atoms with Crippen LogP contribution in [0.2, 0.25) is 0 Å². The molecule has 2 nitrogen and oxygen atoms in total. The lowest BCUT2D eigenvalue weighted by atomic mass is 9.96. The van der Waals surface area contributed by atoms with Gasteiger partial charge in [-0.15, -0.1) is 0 Å². The largest absolute Gasteiger partial charge is 0.355 e. The van der Waals surface area contributed by atoms with E-state index in [1.165, 1.54) is 6.07 Å². The molecule has 0 aromatic heterocycles. The highest BCUT2D eigenvalue weighted by Crippen LogP contribution is 2.47. The van der Waals surface area contributed by atoms with E-state index in [1.807, 2.05) is 13.0 Å². The Labute approximate surface area is 101 Å². The first-order chi connectivity index (χ1) is 8.16. The molecule has 1 saturated carbocycles. The van der Waals surface area contributed by atoms with Gasteiger partial charge in [-0.1, -0.05) is 19.1 Å². The van der Waals surface area contributed by atoms with Crippen LogP contribution in [0.3, 0.4) is 0 Å². The molecule has 0 atom stereocenters. The second-order valence-electron chi connectivity index (χ2n) is 4.82. The van der Waals surface area contributed by atoms with Gasteiger partial charge in [-0.05, 0) is 37.0 Å². The average Bonchev–Trinajstić information content (AvgIpc) is 3.08. The number of hydrogen-bond acceptors (Lipinski definition) is 1. The van der Waals surface area contributed by atoms with Crippen molar-refractivity contribution in [1.29, 1.82) is 0 Å². The van der Waals surface area contributed by atoms with Gasteiger partial charge >= 0.3 is 0 Å². The van der Waals surface area contributed by atoms with Crippen molar-refractivity contribution in [2.45, 2.75) is 38.0 Å². The van der Waals surface area contributed by atoms with Crippen molar-refractivity contribution >= 4 is 5.91 Å². The first kappa shape index (κ1) is 12.1. The average molecular weight is 235 g/mol. The van der Waals surface area contributed by atoms with Gasteiger partial charge in [-0.3, -0.25) is 4.79 Å². The molecule has 0 heterocycles. The second-order valence-corrected chi connectivity index (χ2v) is 4.82. The highest BCUT2D eigenvalue weighted by molar-refractivity contribution is 5.76. The molecule has 0 radical (unpaired) electrons. The highest BCUT2D eigenvalue weighted by Gasteiger charge is 2.44. The van der Waals surface area contributed by atoms with Crippen LogP contribution in [0, 0.1) is 5.82 Å². The fourth-order valence-corrected chi connectivity index (χ4v) is 2.12. The van der Waals surface area contributed by atoms with Gasteiger partial charge in [0, 0.05) is 18.4 Å². The number of halogens is 1. The Hall–Kier alpha value is -1.38. The van der Waals surface area contributed by atoms with Crippen LogP contribution in [0.1, 0.15) is 38.2 Å². The number of hydrogen-bond donors (Lipinski definition) is 1. The zero-order valence-corrected chi connectivity index (χ0v) is 10.1. The highest BCUT2D eigenvalue weighted by atomic mass is 19.1. The number of nitrogens with one attached hydrogen (secondary N) is 1. The summed E-state index contributed by atoms with van der Waals surface area (Å²) in [7, 11) is 0. The summed E-state index contributed by atoms with van der Waals surface area (Å²) >= 11 is 0. The van der Waals surface area contributed by atoms with Gasteiger partial charge in [0.15, 0.2) is 0 Å². The second kappa shape index (κ2) is 4.86. The molecule has 1 aromatic rings. The minimum absolute atomic E-state index is 0.00843. The van der Waals surface area contributed by atoms with Crippen LogP contribution < -0.4 is 5.32 Å². The van der Waals surface area contributed by atoms with Crippen LogP contribution in [0.5, 0.6) is 0 Å². The molecule has 2 rings (SSSR count). The summed E-state index contributed by atoms with van der Waals surface area (Å²) in [5.74, 6) is -0.108. The molecule has 0 saturated heterocycles. The normalized spacial score (nSPS) is 16.6. The summed E-state index contributed by atoms with van der Waals surface area (Å²) in [5.41, 5.74) is 1.00. The third kappa shape index (κ3) is 2.84. The Morgan fingerprint density at radius 1 is 1.47 bits per heavy atom. The van der Waals surface area contributed by atoms with E-state index < -0.39 is 0 Å². The lowest BCUT2D eigenvalue weighted by molar-refractivity contribution is -0.121. The maximum atomic E-state index is 13.2. The van der Waals surface area contributed by atoms with Gasteiger partial charge < -0.3 is 5.32 Å². The molecule has 1 aromatic carbocycles. The van der Waals surface area contributed by atoms with Gasteiger partial charge in [0.2, 0.25) is 5.91 Å². The quantitative estimate of drug-likeness (QED) is 0.835. The van der Waals surface area contributed by atoms with Crippen LogP contribution in [0.4, 0.5) is 4.39 Å². The van der Waals surface area contributed by atoms with E-state index in [0.717, 1.165) is 24.8 Å². The van der Waals surface area contributed by atoms with Crippen molar-refractivity contribution in [1.82, 2.24) is 5.32 Å². The van der Waals surface area contributed by atoms with Gasteiger partial charge in [-0.25, -0.2) is 4.39 Å². The lowest BCUT2D eigenvalue weighted by Crippen LogP contribution is -2.32. The molecule has 1 aliphatic carbocycles. The van der Waals surface area contributed by atoms with E-state index in [1.54, 1.807) is 12.1 Å². The molecule has 1 fully saturated rings. The van der Waals surface area contributed by atoms with E-state index in [4.69, 9.17) is 0 Å². The van der Waals surface area contributed by atoms with Crippen molar-refractivity contribution in [3.05, 3.63) is 35.6 Å². The first-order valence-corrected chi connectivity index (χ1v) is 6.19. The molecule has 0 aliphatic heterocycles. The smallest absolute Gasteiger partial charge is 0.220 e. The van der Waals surface area contributed by atoms with Crippen molar-refractivity contribution in [2.24, 2.45) is 0 Å². The molecule has 17 heavy (non-hydrogen) atoms. The monoisotopic (exact) mass is 235 g/mol. The van der Waals surface area contributed by atoms with Gasteiger partial charge in [0.1, 0.15) is 5.82 Å². The molecule has 0 unspecified atom stereocenters. The van der Waals surface area contributed by atoms with Crippen molar-refractivity contribution in [3.63, 3.8) is 0 Å². The predicted octanol–water partition coefficient (Wildman–Crippen LogP) is 2.77.